The average Bonchev–Trinajstić information content (AvgIpc) is 2.31. The first-order valence-corrected chi connectivity index (χ1v) is 5.66. The molecule has 0 aliphatic carbocycles. The molecule has 0 saturated carbocycles. The minimum atomic E-state index is -1.36. The molecule has 7 heteroatoms. The van der Waals surface area contributed by atoms with Gasteiger partial charge in [0, 0.05) is 20.3 Å². The van der Waals surface area contributed by atoms with E-state index in [-0.39, 0.29) is 10.4 Å². The molecule has 0 amide bonds. The molecule has 0 aliphatic heterocycles. The molecule has 2 rings (SSSR count). The highest BCUT2D eigenvalue weighted by Gasteiger charge is 2.17. The van der Waals surface area contributed by atoms with Gasteiger partial charge in [-0.25, -0.2) is 9.18 Å². The van der Waals surface area contributed by atoms with Gasteiger partial charge in [0.25, 0.3) is 0 Å². The predicted octanol–water partition coefficient (Wildman–Crippen LogP) is 1.69. The maximum atomic E-state index is 13.5. The van der Waals surface area contributed by atoms with Crippen LogP contribution in [0.1, 0.15) is 10.4 Å². The van der Waals surface area contributed by atoms with Crippen LogP contribution in [0.3, 0.4) is 0 Å². The predicted molar refractivity (Wildman–Crippen MR) is 70.2 cm³/mol. The summed E-state index contributed by atoms with van der Waals surface area (Å²) in [6, 6.07) is 2.24. The Morgan fingerprint density at radius 1 is 1.42 bits per heavy atom. The van der Waals surface area contributed by atoms with E-state index >= 15 is 0 Å². The number of carboxylic acid groups (broad SMARTS) is 1. The van der Waals surface area contributed by atoms with Gasteiger partial charge >= 0.3 is 5.97 Å². The van der Waals surface area contributed by atoms with Crippen LogP contribution in [0, 0.1) is 5.82 Å². The lowest BCUT2D eigenvalue weighted by Gasteiger charge is -2.20. The molecule has 0 saturated heterocycles. The van der Waals surface area contributed by atoms with Gasteiger partial charge in [0.05, 0.1) is 15.9 Å². The molecule has 0 radical (unpaired) electrons. The van der Waals surface area contributed by atoms with Crippen LogP contribution in [-0.4, -0.2) is 29.8 Å². The first-order valence-electron chi connectivity index (χ1n) is 5.28. The molecule has 2 aromatic rings. The normalized spacial score (nSPS) is 10.7. The summed E-state index contributed by atoms with van der Waals surface area (Å²) in [6.45, 7) is 0. The number of hydrogen-bond acceptors (Lipinski definition) is 3. The summed E-state index contributed by atoms with van der Waals surface area (Å²) in [6.07, 6.45) is 1.18. The van der Waals surface area contributed by atoms with Gasteiger partial charge in [-0.05, 0) is 12.1 Å². The largest absolute Gasteiger partial charge is 0.477 e. The van der Waals surface area contributed by atoms with E-state index in [9.17, 15) is 14.0 Å². The number of aromatic carboxylic acids is 1. The van der Waals surface area contributed by atoms with Crippen molar-refractivity contribution in [2.24, 2.45) is 0 Å². The summed E-state index contributed by atoms with van der Waals surface area (Å²) in [5.41, 5.74) is -0.828. The van der Waals surface area contributed by atoms with E-state index in [2.05, 4.69) is 0 Å². The number of benzene rings is 1. The van der Waals surface area contributed by atoms with Crippen LogP contribution in [0.25, 0.3) is 10.9 Å². The standard InChI is InChI=1S/C12H10ClFN2O3/c1-15(2)16-5-7(12(18)19)11(17)6-3-9(14)8(13)4-10(6)16/h3-5H,1-2H3,(H,18,19). The first kappa shape index (κ1) is 13.4. The molecule has 0 fully saturated rings. The second kappa shape index (κ2) is 4.55. The smallest absolute Gasteiger partial charge is 0.341 e. The molecular formula is C12H10ClFN2O3. The minimum Gasteiger partial charge on any atom is -0.477 e. The number of nitrogens with zero attached hydrogens (tertiary/aromatic N) is 2. The average molecular weight is 285 g/mol. The molecule has 1 N–H and O–H groups in total. The number of rotatable bonds is 2. The molecule has 0 aliphatic rings. The third kappa shape index (κ3) is 2.15. The van der Waals surface area contributed by atoms with Crippen LogP contribution in [0.2, 0.25) is 5.02 Å². The fourth-order valence-corrected chi connectivity index (χ4v) is 1.94. The zero-order valence-electron chi connectivity index (χ0n) is 10.1. The van der Waals surface area contributed by atoms with Gasteiger partial charge in [-0.2, -0.15) is 0 Å². The van der Waals surface area contributed by atoms with Crippen LogP contribution < -0.4 is 10.4 Å². The second-order valence-corrected chi connectivity index (χ2v) is 4.56. The SMILES string of the molecule is CN(C)n1cc(C(=O)O)c(=O)c2cc(F)c(Cl)cc21. The molecule has 0 spiro atoms. The molecule has 19 heavy (non-hydrogen) atoms. The van der Waals surface area contributed by atoms with Crippen molar-refractivity contribution in [1.82, 2.24) is 4.68 Å². The lowest BCUT2D eigenvalue weighted by molar-refractivity contribution is 0.0695. The van der Waals surface area contributed by atoms with Crippen LogP contribution in [0.15, 0.2) is 23.1 Å². The van der Waals surface area contributed by atoms with E-state index in [0.29, 0.717) is 5.52 Å². The zero-order chi connectivity index (χ0) is 14.3. The number of carbonyl (C=O) groups is 1. The topological polar surface area (TPSA) is 62.5 Å². The van der Waals surface area contributed by atoms with Gasteiger partial charge in [0.2, 0.25) is 5.43 Å². The van der Waals surface area contributed by atoms with Crippen molar-refractivity contribution in [3.8, 4) is 0 Å². The summed E-state index contributed by atoms with van der Waals surface area (Å²) < 4.78 is 14.9. The Hall–Kier alpha value is -2.08. The van der Waals surface area contributed by atoms with E-state index in [1.165, 1.54) is 16.9 Å². The molecule has 5 nitrogen and oxygen atoms in total. The lowest BCUT2D eigenvalue weighted by atomic mass is 10.1. The fraction of sp³-hybridized carbons (Fsp3) is 0.167. The van der Waals surface area contributed by atoms with Gasteiger partial charge in [-0.3, -0.25) is 9.47 Å². The van der Waals surface area contributed by atoms with E-state index < -0.39 is 22.8 Å². The van der Waals surface area contributed by atoms with Crippen molar-refractivity contribution in [3.05, 3.63) is 45.0 Å². The Morgan fingerprint density at radius 3 is 2.58 bits per heavy atom. The number of hydrogen-bond donors (Lipinski definition) is 1. The van der Waals surface area contributed by atoms with Crippen molar-refractivity contribution in [2.75, 3.05) is 19.1 Å². The van der Waals surface area contributed by atoms with Crippen LogP contribution in [0.5, 0.6) is 0 Å². The van der Waals surface area contributed by atoms with E-state index in [0.717, 1.165) is 6.07 Å². The highest BCUT2D eigenvalue weighted by Crippen LogP contribution is 2.21. The molecule has 100 valence electrons. The zero-order valence-corrected chi connectivity index (χ0v) is 10.9. The summed E-state index contributed by atoms with van der Waals surface area (Å²) in [5, 5.41) is 10.4. The Bertz CT molecular complexity index is 740. The third-order valence-electron chi connectivity index (χ3n) is 2.69. The molecule has 0 atom stereocenters. The van der Waals surface area contributed by atoms with E-state index in [1.807, 2.05) is 0 Å². The Labute approximate surface area is 112 Å². The number of carboxylic acids is 1. The fourth-order valence-electron chi connectivity index (χ4n) is 1.79. The van der Waals surface area contributed by atoms with Crippen LogP contribution in [0.4, 0.5) is 4.39 Å². The molecule has 0 bridgehead atoms. The van der Waals surface area contributed by atoms with E-state index in [4.69, 9.17) is 16.7 Å². The lowest BCUT2D eigenvalue weighted by Crippen LogP contribution is -2.29. The van der Waals surface area contributed by atoms with Gasteiger partial charge < -0.3 is 10.1 Å². The summed E-state index contributed by atoms with van der Waals surface area (Å²) >= 11 is 5.69. The maximum absolute atomic E-state index is 13.5. The Kier molecular flexibility index (Phi) is 3.20. The third-order valence-corrected chi connectivity index (χ3v) is 2.98. The maximum Gasteiger partial charge on any atom is 0.341 e. The van der Waals surface area contributed by atoms with Crippen LogP contribution >= 0.6 is 11.6 Å². The van der Waals surface area contributed by atoms with Gasteiger partial charge in [0.1, 0.15) is 11.4 Å². The summed E-state index contributed by atoms with van der Waals surface area (Å²) in [4.78, 5) is 23.0. The van der Waals surface area contributed by atoms with Crippen LogP contribution in [-0.2, 0) is 0 Å². The monoisotopic (exact) mass is 284 g/mol. The van der Waals surface area contributed by atoms with Gasteiger partial charge in [0.15, 0.2) is 0 Å². The molecule has 1 aromatic heterocycles. The van der Waals surface area contributed by atoms with Crippen molar-refractivity contribution in [1.29, 1.82) is 0 Å². The quantitative estimate of drug-likeness (QED) is 0.911. The van der Waals surface area contributed by atoms with E-state index in [1.54, 1.807) is 19.1 Å². The molecule has 0 unspecified atom stereocenters. The number of pyridine rings is 1. The van der Waals surface area contributed by atoms with Crippen molar-refractivity contribution in [3.63, 3.8) is 0 Å². The summed E-state index contributed by atoms with van der Waals surface area (Å²) in [7, 11) is 3.32. The summed E-state index contributed by atoms with van der Waals surface area (Å²) in [5.74, 6) is -2.13. The van der Waals surface area contributed by atoms with Gasteiger partial charge in [-0.15, -0.1) is 0 Å². The highest BCUT2D eigenvalue weighted by molar-refractivity contribution is 6.31. The van der Waals surface area contributed by atoms with Crippen molar-refractivity contribution >= 4 is 28.5 Å². The van der Waals surface area contributed by atoms with Crippen molar-refractivity contribution in [2.45, 2.75) is 0 Å². The highest BCUT2D eigenvalue weighted by atomic mass is 35.5. The molecule has 1 heterocycles. The van der Waals surface area contributed by atoms with Gasteiger partial charge in [-0.1, -0.05) is 11.6 Å². The number of fused-ring (bicyclic) bond motifs is 1. The molecule has 1 aromatic carbocycles. The first-order chi connectivity index (χ1) is 8.82. The number of halogens is 2. The second-order valence-electron chi connectivity index (χ2n) is 4.15. The molecular weight excluding hydrogens is 275 g/mol. The minimum absolute atomic E-state index is 0.0319. The van der Waals surface area contributed by atoms with Crippen molar-refractivity contribution < 1.29 is 14.3 Å². The number of aromatic nitrogens is 1. The Balaban J connectivity index is 3.01. The Morgan fingerprint density at radius 2 is 2.05 bits per heavy atom.